The Labute approximate surface area is 136 Å². The maximum atomic E-state index is 13.6. The van der Waals surface area contributed by atoms with Crippen LogP contribution in [0, 0.1) is 5.82 Å². The Morgan fingerprint density at radius 2 is 2.17 bits per heavy atom. The number of nitrogens with one attached hydrogen (secondary N) is 1. The summed E-state index contributed by atoms with van der Waals surface area (Å²) in [6, 6.07) is 3.86. The SMILES string of the molecule is COC(=O)C1=C(C)NC(Cl)=NC12C(=O)N(C)c1cc(F)ccc12. The highest BCUT2D eigenvalue weighted by molar-refractivity contribution is 6.65. The lowest BCUT2D eigenvalue weighted by Crippen LogP contribution is -2.47. The molecule has 1 aromatic rings. The van der Waals surface area contributed by atoms with Gasteiger partial charge < -0.3 is 15.0 Å². The third kappa shape index (κ3) is 1.96. The Balaban J connectivity index is 2.37. The van der Waals surface area contributed by atoms with Gasteiger partial charge in [-0.25, -0.2) is 14.2 Å². The maximum Gasteiger partial charge on any atom is 0.338 e. The minimum absolute atomic E-state index is 0.0333. The van der Waals surface area contributed by atoms with Gasteiger partial charge in [0.15, 0.2) is 5.29 Å². The zero-order valence-corrected chi connectivity index (χ0v) is 13.4. The van der Waals surface area contributed by atoms with E-state index in [2.05, 4.69) is 10.3 Å². The molecule has 120 valence electrons. The van der Waals surface area contributed by atoms with Gasteiger partial charge in [-0.05, 0) is 30.7 Å². The molecule has 0 saturated heterocycles. The van der Waals surface area contributed by atoms with Gasteiger partial charge in [-0.2, -0.15) is 0 Å². The topological polar surface area (TPSA) is 71.0 Å². The number of hydrogen-bond acceptors (Lipinski definition) is 5. The second-order valence-electron chi connectivity index (χ2n) is 5.26. The number of amidine groups is 1. The van der Waals surface area contributed by atoms with E-state index in [1.807, 2.05) is 0 Å². The van der Waals surface area contributed by atoms with E-state index in [1.165, 1.54) is 37.3 Å². The number of hydrogen-bond donors (Lipinski definition) is 1. The number of methoxy groups -OCH3 is 1. The molecule has 8 heteroatoms. The Morgan fingerprint density at radius 1 is 1.48 bits per heavy atom. The van der Waals surface area contributed by atoms with Gasteiger partial charge in [-0.15, -0.1) is 0 Å². The quantitative estimate of drug-likeness (QED) is 0.625. The molecule has 0 saturated carbocycles. The molecule has 1 spiro atoms. The highest BCUT2D eigenvalue weighted by Crippen LogP contribution is 2.49. The van der Waals surface area contributed by atoms with Crippen LogP contribution in [0.3, 0.4) is 0 Å². The number of nitrogens with zero attached hydrogens (tertiary/aromatic N) is 2. The number of carbonyl (C=O) groups is 2. The highest BCUT2D eigenvalue weighted by Gasteiger charge is 2.57. The molecule has 3 rings (SSSR count). The molecule has 23 heavy (non-hydrogen) atoms. The van der Waals surface area contributed by atoms with Crippen LogP contribution in [0.15, 0.2) is 34.5 Å². The van der Waals surface area contributed by atoms with E-state index in [0.29, 0.717) is 16.9 Å². The minimum Gasteiger partial charge on any atom is -0.466 e. The molecule has 0 fully saturated rings. The molecular weight excluding hydrogens is 325 g/mol. The number of rotatable bonds is 1. The highest BCUT2D eigenvalue weighted by atomic mass is 35.5. The lowest BCUT2D eigenvalue weighted by Gasteiger charge is -2.31. The van der Waals surface area contributed by atoms with Crippen LogP contribution in [-0.2, 0) is 19.9 Å². The van der Waals surface area contributed by atoms with E-state index in [1.54, 1.807) is 6.92 Å². The second kappa shape index (κ2) is 5.06. The van der Waals surface area contributed by atoms with Crippen molar-refractivity contribution < 1.29 is 18.7 Å². The van der Waals surface area contributed by atoms with Gasteiger partial charge in [0.05, 0.1) is 18.4 Å². The Hall–Kier alpha value is -2.41. The first-order valence-corrected chi connectivity index (χ1v) is 7.11. The average Bonchev–Trinajstić information content (AvgIpc) is 2.69. The molecular formula is C15H13ClFN3O3. The fourth-order valence-electron chi connectivity index (χ4n) is 3.03. The van der Waals surface area contributed by atoms with Crippen LogP contribution in [0.1, 0.15) is 12.5 Å². The van der Waals surface area contributed by atoms with E-state index >= 15 is 0 Å². The Bertz CT molecular complexity index is 805. The number of allylic oxidation sites excluding steroid dienone is 1. The van der Waals surface area contributed by atoms with Crippen molar-refractivity contribution in [1.82, 2.24) is 5.32 Å². The third-order valence-electron chi connectivity index (χ3n) is 4.01. The number of ether oxygens (including phenoxy) is 1. The number of halogens is 2. The fourth-order valence-corrected chi connectivity index (χ4v) is 3.30. The van der Waals surface area contributed by atoms with E-state index in [4.69, 9.17) is 16.3 Å². The predicted octanol–water partition coefficient (Wildman–Crippen LogP) is 1.64. The molecule has 1 atom stereocenters. The lowest BCUT2D eigenvalue weighted by atomic mass is 9.82. The summed E-state index contributed by atoms with van der Waals surface area (Å²) in [4.78, 5) is 30.7. The minimum atomic E-state index is -1.67. The summed E-state index contributed by atoms with van der Waals surface area (Å²) in [5.41, 5.74) is -0.565. The van der Waals surface area contributed by atoms with E-state index in [0.717, 1.165) is 0 Å². The van der Waals surface area contributed by atoms with Gasteiger partial charge in [0.2, 0.25) is 5.54 Å². The molecule has 0 aromatic heterocycles. The lowest BCUT2D eigenvalue weighted by molar-refractivity contribution is -0.138. The van der Waals surface area contributed by atoms with Crippen LogP contribution in [0.5, 0.6) is 0 Å². The van der Waals surface area contributed by atoms with Gasteiger partial charge in [0.1, 0.15) is 5.82 Å². The third-order valence-corrected chi connectivity index (χ3v) is 4.19. The summed E-state index contributed by atoms with van der Waals surface area (Å²) in [5.74, 6) is -1.70. The number of amides is 1. The van der Waals surface area contributed by atoms with Crippen molar-refractivity contribution in [1.29, 1.82) is 0 Å². The number of aliphatic imine (C=N–C) groups is 1. The summed E-state index contributed by atoms with van der Waals surface area (Å²) in [7, 11) is 2.70. The normalized spacial score (nSPS) is 22.9. The molecule has 1 amide bonds. The summed E-state index contributed by atoms with van der Waals surface area (Å²) < 4.78 is 18.4. The van der Waals surface area contributed by atoms with Gasteiger partial charge in [-0.1, -0.05) is 6.07 Å². The summed E-state index contributed by atoms with van der Waals surface area (Å²) in [6.07, 6.45) is 0. The van der Waals surface area contributed by atoms with Crippen LogP contribution >= 0.6 is 11.6 Å². The van der Waals surface area contributed by atoms with Crippen LogP contribution < -0.4 is 10.2 Å². The van der Waals surface area contributed by atoms with Crippen molar-refractivity contribution >= 4 is 34.5 Å². The standard InChI is InChI=1S/C15H13ClFN3O3/c1-7-11(12(21)23-3)15(19-14(16)18-7)9-5-4-8(17)6-10(9)20(2)13(15)22/h4-6H,1-3H3,(H,18,19). The average molecular weight is 338 g/mol. The molecule has 6 nitrogen and oxygen atoms in total. The second-order valence-corrected chi connectivity index (χ2v) is 5.61. The Morgan fingerprint density at radius 3 is 2.83 bits per heavy atom. The molecule has 0 aliphatic carbocycles. The number of benzene rings is 1. The van der Waals surface area contributed by atoms with E-state index in [9.17, 15) is 14.0 Å². The largest absolute Gasteiger partial charge is 0.466 e. The zero-order valence-electron chi connectivity index (χ0n) is 12.6. The summed E-state index contributed by atoms with van der Waals surface area (Å²) >= 11 is 6.01. The molecule has 0 radical (unpaired) electrons. The molecule has 2 aliphatic rings. The van der Waals surface area contributed by atoms with Crippen molar-refractivity contribution in [2.75, 3.05) is 19.1 Å². The number of anilines is 1. The van der Waals surface area contributed by atoms with Gasteiger partial charge in [-0.3, -0.25) is 4.79 Å². The first-order valence-electron chi connectivity index (χ1n) is 6.73. The van der Waals surface area contributed by atoms with Crippen molar-refractivity contribution in [3.63, 3.8) is 0 Å². The molecule has 2 heterocycles. The first kappa shape index (κ1) is 15.5. The predicted molar refractivity (Wildman–Crippen MR) is 82.6 cm³/mol. The fraction of sp³-hybridized carbons (Fsp3) is 0.267. The smallest absolute Gasteiger partial charge is 0.338 e. The molecule has 0 bridgehead atoms. The van der Waals surface area contributed by atoms with Crippen LogP contribution in [0.4, 0.5) is 10.1 Å². The van der Waals surface area contributed by atoms with E-state index in [-0.39, 0.29) is 10.9 Å². The first-order chi connectivity index (χ1) is 10.8. The van der Waals surface area contributed by atoms with Crippen LogP contribution in [0.2, 0.25) is 0 Å². The number of esters is 1. The van der Waals surface area contributed by atoms with Gasteiger partial charge in [0.25, 0.3) is 5.91 Å². The van der Waals surface area contributed by atoms with Gasteiger partial charge in [0, 0.05) is 18.3 Å². The number of likely N-dealkylation sites (N-methyl/N-ethyl adjacent to an activating group) is 1. The maximum absolute atomic E-state index is 13.6. The van der Waals surface area contributed by atoms with Crippen molar-refractivity contribution in [3.8, 4) is 0 Å². The number of fused-ring (bicyclic) bond motifs is 2. The summed E-state index contributed by atoms with van der Waals surface area (Å²) in [5, 5.41) is 2.69. The van der Waals surface area contributed by atoms with Crippen molar-refractivity contribution in [2.45, 2.75) is 12.5 Å². The van der Waals surface area contributed by atoms with Crippen molar-refractivity contribution in [3.05, 3.63) is 40.8 Å². The zero-order chi connectivity index (χ0) is 16.9. The summed E-state index contributed by atoms with van der Waals surface area (Å²) in [6.45, 7) is 1.60. The van der Waals surface area contributed by atoms with Gasteiger partial charge >= 0.3 is 5.97 Å². The van der Waals surface area contributed by atoms with E-state index < -0.39 is 23.2 Å². The van der Waals surface area contributed by atoms with Crippen molar-refractivity contribution in [2.24, 2.45) is 4.99 Å². The molecule has 1 unspecified atom stereocenters. The van der Waals surface area contributed by atoms with Crippen LogP contribution in [0.25, 0.3) is 0 Å². The molecule has 2 aliphatic heterocycles. The number of carbonyl (C=O) groups excluding carboxylic acids is 2. The van der Waals surface area contributed by atoms with Crippen LogP contribution in [-0.4, -0.2) is 31.3 Å². The monoisotopic (exact) mass is 337 g/mol. The Kier molecular flexibility index (Phi) is 3.40. The molecule has 1 aromatic carbocycles. The molecule has 1 N–H and O–H groups in total.